The highest BCUT2D eigenvalue weighted by molar-refractivity contribution is 6.21. The van der Waals surface area contributed by atoms with Crippen LogP contribution in [0.4, 0.5) is 0 Å². The maximum atomic E-state index is 13.1. The lowest BCUT2D eigenvalue weighted by molar-refractivity contribution is -0.200. The van der Waals surface area contributed by atoms with E-state index >= 15 is 0 Å². The molecule has 9 heteroatoms. The number of fused-ring (bicyclic) bond motifs is 1. The fraction of sp³-hybridized carbons (Fsp3) is 0.344. The summed E-state index contributed by atoms with van der Waals surface area (Å²) in [6.07, 6.45) is 2.27. The van der Waals surface area contributed by atoms with Gasteiger partial charge in [-0.15, -0.1) is 0 Å². The lowest BCUT2D eigenvalue weighted by Crippen LogP contribution is -2.49. The van der Waals surface area contributed by atoms with E-state index in [1.54, 1.807) is 36.4 Å². The summed E-state index contributed by atoms with van der Waals surface area (Å²) in [5.41, 5.74) is 4.35. The summed E-state index contributed by atoms with van der Waals surface area (Å²) >= 11 is 0. The van der Waals surface area contributed by atoms with Gasteiger partial charge >= 0.3 is 0 Å². The number of unbranched alkanes of at least 4 members (excludes halogenated alkanes) is 1. The van der Waals surface area contributed by atoms with Gasteiger partial charge in [0.2, 0.25) is 0 Å². The summed E-state index contributed by atoms with van der Waals surface area (Å²) in [4.78, 5) is 56.5. The van der Waals surface area contributed by atoms with Crippen molar-refractivity contribution in [3.05, 3.63) is 99.9 Å². The first kappa shape index (κ1) is 28.3. The minimum Gasteiger partial charge on any atom is -0.354 e. The molecule has 1 saturated heterocycles. The number of ketones is 1. The number of ether oxygens (including phenoxy) is 2. The van der Waals surface area contributed by atoms with Crippen LogP contribution in [0.5, 0.6) is 0 Å². The second kappa shape index (κ2) is 12.5. The maximum Gasteiger partial charge on any atom is 0.269 e. The Morgan fingerprint density at radius 2 is 1.66 bits per heavy atom. The Morgan fingerprint density at radius 3 is 2.32 bits per heavy atom. The van der Waals surface area contributed by atoms with Crippen molar-refractivity contribution in [3.8, 4) is 0 Å². The highest BCUT2D eigenvalue weighted by atomic mass is 16.7. The molecule has 0 unspecified atom stereocenters. The van der Waals surface area contributed by atoms with Crippen molar-refractivity contribution in [2.45, 2.75) is 51.4 Å². The van der Waals surface area contributed by atoms with E-state index in [0.29, 0.717) is 54.5 Å². The summed E-state index contributed by atoms with van der Waals surface area (Å²) in [5, 5.41) is 2.59. The first-order chi connectivity index (χ1) is 19.8. The smallest absolute Gasteiger partial charge is 0.269 e. The quantitative estimate of drug-likeness (QED) is 0.227. The van der Waals surface area contributed by atoms with Crippen molar-refractivity contribution < 1.29 is 28.7 Å². The third-order valence-electron chi connectivity index (χ3n) is 7.36. The average molecular weight is 556 g/mol. The van der Waals surface area contributed by atoms with Gasteiger partial charge in [0.1, 0.15) is 5.69 Å². The Bertz CT molecular complexity index is 1440. The zero-order valence-electron chi connectivity index (χ0n) is 23.2. The summed E-state index contributed by atoms with van der Waals surface area (Å²) in [6.45, 7) is 2.43. The largest absolute Gasteiger partial charge is 0.354 e. The molecule has 0 saturated carbocycles. The van der Waals surface area contributed by atoms with Crippen LogP contribution in [0, 0.1) is 6.92 Å². The number of carbonyl (C=O) groups excluding carboxylic acids is 4. The summed E-state index contributed by atoms with van der Waals surface area (Å²) < 4.78 is 11.6. The Kier molecular flexibility index (Phi) is 8.66. The number of hydrogen-bond donors (Lipinski definition) is 1. The molecule has 0 atom stereocenters. The standard InChI is InChI=1S/C32H33N3O6/c1-20-8-7-9-21(14-20)15-23-16-22(17-27(34-23)30(37)33-2)28(36)12-5-6-13-29-40-18-24(19-41-29)35-31(38)25-10-3-4-11-26(25)32(35)39/h3-4,7-11,14,16-17,24,29H,5-6,12-13,15,18-19H2,1-2H3,(H,33,37). The minimum atomic E-state index is -0.476. The number of pyridine rings is 1. The highest BCUT2D eigenvalue weighted by Crippen LogP contribution is 2.27. The molecule has 212 valence electrons. The molecule has 9 nitrogen and oxygen atoms in total. The van der Waals surface area contributed by atoms with Crippen molar-refractivity contribution in [2.75, 3.05) is 20.3 Å². The van der Waals surface area contributed by atoms with Crippen LogP contribution in [-0.2, 0) is 15.9 Å². The first-order valence-corrected chi connectivity index (χ1v) is 13.9. The van der Waals surface area contributed by atoms with Gasteiger partial charge < -0.3 is 14.8 Å². The molecule has 5 rings (SSSR count). The molecule has 3 heterocycles. The van der Waals surface area contributed by atoms with Gasteiger partial charge in [-0.1, -0.05) is 42.0 Å². The van der Waals surface area contributed by atoms with E-state index in [2.05, 4.69) is 16.4 Å². The Hall–Kier alpha value is -4.21. The number of nitrogens with one attached hydrogen (secondary N) is 1. The SMILES string of the molecule is CNC(=O)c1cc(C(=O)CCCCC2OCC(N3C(=O)c4ccccc4C3=O)CO2)cc(Cc2cccc(C)c2)n1. The zero-order chi connectivity index (χ0) is 28.9. The average Bonchev–Trinajstić information content (AvgIpc) is 3.24. The van der Waals surface area contributed by atoms with E-state index in [0.717, 1.165) is 11.1 Å². The van der Waals surface area contributed by atoms with Crippen molar-refractivity contribution in [3.63, 3.8) is 0 Å². The van der Waals surface area contributed by atoms with Crippen molar-refractivity contribution in [1.29, 1.82) is 0 Å². The third kappa shape index (κ3) is 6.42. The molecule has 1 N–H and O–H groups in total. The van der Waals surface area contributed by atoms with E-state index < -0.39 is 12.3 Å². The number of rotatable bonds is 10. The number of amides is 3. The molecule has 0 bridgehead atoms. The van der Waals surface area contributed by atoms with Crippen LogP contribution in [0.15, 0.2) is 60.7 Å². The lowest BCUT2D eigenvalue weighted by Gasteiger charge is -2.33. The maximum absolute atomic E-state index is 13.1. The molecule has 41 heavy (non-hydrogen) atoms. The van der Waals surface area contributed by atoms with Crippen LogP contribution in [0.25, 0.3) is 0 Å². The Labute approximate surface area is 238 Å². The van der Waals surface area contributed by atoms with Crippen LogP contribution in [-0.4, -0.2) is 66.0 Å². The van der Waals surface area contributed by atoms with Gasteiger partial charge in [0, 0.05) is 31.1 Å². The van der Waals surface area contributed by atoms with Gasteiger partial charge in [0.15, 0.2) is 12.1 Å². The first-order valence-electron chi connectivity index (χ1n) is 13.9. The van der Waals surface area contributed by atoms with Crippen LogP contribution < -0.4 is 5.32 Å². The van der Waals surface area contributed by atoms with Gasteiger partial charge in [-0.2, -0.15) is 0 Å². The number of hydrogen-bond acceptors (Lipinski definition) is 7. The molecular formula is C32H33N3O6. The van der Waals surface area contributed by atoms with Crippen molar-refractivity contribution in [1.82, 2.24) is 15.2 Å². The second-order valence-electron chi connectivity index (χ2n) is 10.4. The molecular weight excluding hydrogens is 522 g/mol. The zero-order valence-corrected chi connectivity index (χ0v) is 23.2. The molecule has 2 aromatic carbocycles. The molecule has 2 aliphatic heterocycles. The number of aromatic nitrogens is 1. The van der Waals surface area contributed by atoms with E-state index in [4.69, 9.17) is 9.47 Å². The number of imide groups is 1. The molecule has 3 amide bonds. The number of carbonyl (C=O) groups is 4. The second-order valence-corrected chi connectivity index (χ2v) is 10.4. The van der Waals surface area contributed by atoms with E-state index in [9.17, 15) is 19.2 Å². The van der Waals surface area contributed by atoms with Gasteiger partial charge in [-0.05, 0) is 56.0 Å². The molecule has 0 radical (unpaired) electrons. The lowest BCUT2D eigenvalue weighted by atomic mass is 10.0. The fourth-order valence-corrected chi connectivity index (χ4v) is 5.24. The van der Waals surface area contributed by atoms with Gasteiger partial charge in [-0.3, -0.25) is 24.1 Å². The molecule has 1 fully saturated rings. The van der Waals surface area contributed by atoms with E-state index in [1.165, 1.54) is 11.9 Å². The van der Waals surface area contributed by atoms with E-state index in [1.807, 2.05) is 25.1 Å². The van der Waals surface area contributed by atoms with Gasteiger partial charge in [-0.25, -0.2) is 4.98 Å². The topological polar surface area (TPSA) is 115 Å². The van der Waals surface area contributed by atoms with Crippen LogP contribution in [0.3, 0.4) is 0 Å². The molecule has 1 aromatic heterocycles. The number of nitrogens with zero attached hydrogens (tertiary/aromatic N) is 2. The van der Waals surface area contributed by atoms with Gasteiger partial charge in [0.05, 0.1) is 30.4 Å². The van der Waals surface area contributed by atoms with Crippen LogP contribution >= 0.6 is 0 Å². The number of Topliss-reactive ketones (excluding diaryl/α,β-unsaturated/α-hetero) is 1. The number of benzene rings is 2. The highest BCUT2D eigenvalue weighted by Gasteiger charge is 2.41. The third-order valence-corrected chi connectivity index (χ3v) is 7.36. The normalized spacial score (nSPS) is 18.3. The van der Waals surface area contributed by atoms with Crippen LogP contribution in [0.1, 0.15) is 84.1 Å². The van der Waals surface area contributed by atoms with Crippen molar-refractivity contribution >= 4 is 23.5 Å². The van der Waals surface area contributed by atoms with E-state index in [-0.39, 0.29) is 42.4 Å². The predicted octanol–water partition coefficient (Wildman–Crippen LogP) is 4.12. The summed E-state index contributed by atoms with van der Waals surface area (Å²) in [6, 6.07) is 17.7. The predicted molar refractivity (Wildman–Crippen MR) is 151 cm³/mol. The summed E-state index contributed by atoms with van der Waals surface area (Å²) in [7, 11) is 1.54. The monoisotopic (exact) mass is 555 g/mol. The number of aryl methyl sites for hydroxylation is 1. The molecule has 2 aliphatic rings. The minimum absolute atomic E-state index is 0.0563. The fourth-order valence-electron chi connectivity index (χ4n) is 5.24. The Balaban J connectivity index is 1.12. The summed E-state index contributed by atoms with van der Waals surface area (Å²) in [5.74, 6) is -1.04. The van der Waals surface area contributed by atoms with Gasteiger partial charge in [0.25, 0.3) is 17.7 Å². The Morgan fingerprint density at radius 1 is 0.951 bits per heavy atom. The molecule has 3 aromatic rings. The van der Waals surface area contributed by atoms with Crippen molar-refractivity contribution in [2.24, 2.45) is 0 Å². The van der Waals surface area contributed by atoms with Crippen LogP contribution in [0.2, 0.25) is 0 Å². The molecule has 0 aliphatic carbocycles. The molecule has 0 spiro atoms.